The summed E-state index contributed by atoms with van der Waals surface area (Å²) in [6, 6.07) is 10.8. The lowest BCUT2D eigenvalue weighted by atomic mass is 10.0. The Labute approximate surface area is 160 Å². The van der Waals surface area contributed by atoms with Gasteiger partial charge in [0, 0.05) is 49.2 Å². The molecule has 0 saturated carbocycles. The van der Waals surface area contributed by atoms with Gasteiger partial charge in [-0.3, -0.25) is 14.7 Å². The third-order valence-electron chi connectivity index (χ3n) is 5.33. The van der Waals surface area contributed by atoms with Crippen LogP contribution >= 0.6 is 0 Å². The van der Waals surface area contributed by atoms with Crippen LogP contribution in [0.4, 0.5) is 0 Å². The Morgan fingerprint density at radius 1 is 1.19 bits per heavy atom. The molecule has 4 nitrogen and oxygen atoms in total. The van der Waals surface area contributed by atoms with Crippen LogP contribution in [0.25, 0.3) is 22.7 Å². The van der Waals surface area contributed by atoms with Gasteiger partial charge in [-0.2, -0.15) is 0 Å². The van der Waals surface area contributed by atoms with E-state index in [0.717, 1.165) is 19.5 Å². The van der Waals surface area contributed by atoms with E-state index >= 15 is 0 Å². The third-order valence-corrected chi connectivity index (χ3v) is 5.33. The Morgan fingerprint density at radius 2 is 1.96 bits per heavy atom. The molecule has 0 N–H and O–H groups in total. The predicted octanol–water partition coefficient (Wildman–Crippen LogP) is 4.31. The molecule has 0 atom stereocenters. The number of carbonyl (C=O) groups excluding carboxylic acids is 1. The van der Waals surface area contributed by atoms with Crippen molar-refractivity contribution in [3.05, 3.63) is 65.1 Å². The zero-order valence-electron chi connectivity index (χ0n) is 16.2. The molecule has 1 aliphatic heterocycles. The van der Waals surface area contributed by atoms with Gasteiger partial charge in [-0.1, -0.05) is 11.6 Å². The molecule has 3 heterocycles. The van der Waals surface area contributed by atoms with E-state index in [4.69, 9.17) is 0 Å². The SMILES string of the molecule is CC(=O)CN1CCc2c(c3cc(C)ccc3n2/C=C(/C)c2ccncc2)C1. The molecule has 27 heavy (non-hydrogen) atoms. The zero-order chi connectivity index (χ0) is 19.0. The molecule has 4 heteroatoms. The molecule has 0 spiro atoms. The van der Waals surface area contributed by atoms with Crippen molar-refractivity contribution in [3.8, 4) is 0 Å². The molecule has 0 saturated heterocycles. The highest BCUT2D eigenvalue weighted by molar-refractivity contribution is 5.90. The highest BCUT2D eigenvalue weighted by atomic mass is 16.1. The van der Waals surface area contributed by atoms with E-state index in [0.29, 0.717) is 6.54 Å². The molecule has 0 fully saturated rings. The highest BCUT2D eigenvalue weighted by Crippen LogP contribution is 2.33. The van der Waals surface area contributed by atoms with E-state index in [1.54, 1.807) is 6.92 Å². The second-order valence-corrected chi connectivity index (χ2v) is 7.53. The van der Waals surface area contributed by atoms with E-state index in [1.165, 1.54) is 38.9 Å². The van der Waals surface area contributed by atoms with Gasteiger partial charge in [0.15, 0.2) is 0 Å². The maximum Gasteiger partial charge on any atom is 0.143 e. The maximum atomic E-state index is 11.6. The number of rotatable bonds is 4. The molecule has 1 aromatic carbocycles. The Balaban J connectivity index is 1.84. The topological polar surface area (TPSA) is 38.1 Å². The van der Waals surface area contributed by atoms with Crippen LogP contribution in [-0.2, 0) is 17.8 Å². The van der Waals surface area contributed by atoms with Crippen molar-refractivity contribution in [2.45, 2.75) is 33.7 Å². The first-order chi connectivity index (χ1) is 13.0. The van der Waals surface area contributed by atoms with Gasteiger partial charge in [-0.05, 0) is 61.7 Å². The van der Waals surface area contributed by atoms with Crippen LogP contribution in [0, 0.1) is 6.92 Å². The van der Waals surface area contributed by atoms with Gasteiger partial charge in [0.05, 0.1) is 12.1 Å². The number of allylic oxidation sites excluding steroid dienone is 1. The lowest BCUT2D eigenvalue weighted by molar-refractivity contribution is -0.118. The third kappa shape index (κ3) is 3.45. The van der Waals surface area contributed by atoms with Gasteiger partial charge in [0.2, 0.25) is 0 Å². The van der Waals surface area contributed by atoms with E-state index < -0.39 is 0 Å². The Kier molecular flexibility index (Phi) is 4.66. The van der Waals surface area contributed by atoms with Crippen molar-refractivity contribution >= 4 is 28.5 Å². The van der Waals surface area contributed by atoms with Crippen molar-refractivity contribution in [1.82, 2.24) is 14.5 Å². The molecular formula is C23H25N3O. The molecule has 138 valence electrons. The summed E-state index contributed by atoms with van der Waals surface area (Å²) in [4.78, 5) is 18.0. The summed E-state index contributed by atoms with van der Waals surface area (Å²) in [6.45, 7) is 8.24. The number of carbonyl (C=O) groups is 1. The minimum Gasteiger partial charge on any atom is -0.320 e. The summed E-state index contributed by atoms with van der Waals surface area (Å²) in [7, 11) is 0. The van der Waals surface area contributed by atoms with E-state index in [9.17, 15) is 4.79 Å². The van der Waals surface area contributed by atoms with Crippen LogP contribution in [0.15, 0.2) is 42.7 Å². The first-order valence-electron chi connectivity index (χ1n) is 9.46. The fourth-order valence-corrected chi connectivity index (χ4v) is 4.04. The van der Waals surface area contributed by atoms with Crippen LogP contribution in [-0.4, -0.2) is 33.3 Å². The first kappa shape index (κ1) is 17.7. The summed E-state index contributed by atoms with van der Waals surface area (Å²) in [5.74, 6) is 0.229. The van der Waals surface area contributed by atoms with Gasteiger partial charge in [0.1, 0.15) is 5.78 Å². The molecule has 0 aliphatic carbocycles. The minimum absolute atomic E-state index is 0.229. The summed E-state index contributed by atoms with van der Waals surface area (Å²) >= 11 is 0. The second kappa shape index (κ2) is 7.12. The number of benzene rings is 1. The fraction of sp³-hybridized carbons (Fsp3) is 0.304. The summed E-state index contributed by atoms with van der Waals surface area (Å²) in [6.07, 6.45) is 6.86. The van der Waals surface area contributed by atoms with Gasteiger partial charge in [-0.25, -0.2) is 0 Å². The number of pyridine rings is 1. The maximum absolute atomic E-state index is 11.6. The Bertz CT molecular complexity index is 1030. The van der Waals surface area contributed by atoms with Crippen LogP contribution in [0.3, 0.4) is 0 Å². The van der Waals surface area contributed by atoms with E-state index in [1.807, 2.05) is 24.5 Å². The highest BCUT2D eigenvalue weighted by Gasteiger charge is 2.24. The van der Waals surface area contributed by atoms with Crippen LogP contribution < -0.4 is 0 Å². The van der Waals surface area contributed by atoms with Gasteiger partial charge in [-0.15, -0.1) is 0 Å². The van der Waals surface area contributed by atoms with Crippen LogP contribution in [0.5, 0.6) is 0 Å². The molecular weight excluding hydrogens is 334 g/mol. The summed E-state index contributed by atoms with van der Waals surface area (Å²) in [5.41, 5.74) is 7.62. The Morgan fingerprint density at radius 3 is 2.70 bits per heavy atom. The number of aromatic nitrogens is 2. The molecule has 2 aromatic heterocycles. The molecule has 3 aromatic rings. The number of ketones is 1. The van der Waals surface area contributed by atoms with Crippen LogP contribution in [0.1, 0.15) is 36.2 Å². The molecule has 4 rings (SSSR count). The fourth-order valence-electron chi connectivity index (χ4n) is 4.04. The van der Waals surface area contributed by atoms with Crippen molar-refractivity contribution in [3.63, 3.8) is 0 Å². The lowest BCUT2D eigenvalue weighted by Gasteiger charge is -2.26. The first-order valence-corrected chi connectivity index (χ1v) is 9.46. The van der Waals surface area contributed by atoms with Crippen molar-refractivity contribution in [2.24, 2.45) is 0 Å². The molecule has 0 radical (unpaired) electrons. The van der Waals surface area contributed by atoms with Crippen molar-refractivity contribution in [2.75, 3.05) is 13.1 Å². The van der Waals surface area contributed by atoms with Crippen molar-refractivity contribution < 1.29 is 4.79 Å². The van der Waals surface area contributed by atoms with Gasteiger partial charge in [0.25, 0.3) is 0 Å². The van der Waals surface area contributed by atoms with E-state index in [2.05, 4.69) is 52.7 Å². The Hall–Kier alpha value is -2.72. The quantitative estimate of drug-likeness (QED) is 0.697. The van der Waals surface area contributed by atoms with Gasteiger partial charge < -0.3 is 4.57 Å². The van der Waals surface area contributed by atoms with Gasteiger partial charge >= 0.3 is 0 Å². The van der Waals surface area contributed by atoms with Crippen molar-refractivity contribution in [1.29, 1.82) is 0 Å². The largest absolute Gasteiger partial charge is 0.320 e. The zero-order valence-corrected chi connectivity index (χ0v) is 16.2. The number of aryl methyl sites for hydroxylation is 1. The normalized spacial score (nSPS) is 15.1. The lowest BCUT2D eigenvalue weighted by Crippen LogP contribution is -2.34. The predicted molar refractivity (Wildman–Crippen MR) is 110 cm³/mol. The number of fused-ring (bicyclic) bond motifs is 3. The average Bonchev–Trinajstić information content (AvgIpc) is 2.94. The number of hydrogen-bond donors (Lipinski definition) is 0. The summed E-state index contributed by atoms with van der Waals surface area (Å²) in [5, 5.41) is 1.30. The molecule has 0 amide bonds. The monoisotopic (exact) mass is 359 g/mol. The summed E-state index contributed by atoms with van der Waals surface area (Å²) < 4.78 is 2.35. The molecule has 1 aliphatic rings. The smallest absolute Gasteiger partial charge is 0.143 e. The number of hydrogen-bond acceptors (Lipinski definition) is 3. The van der Waals surface area contributed by atoms with E-state index in [-0.39, 0.29) is 5.78 Å². The van der Waals surface area contributed by atoms with Crippen LogP contribution in [0.2, 0.25) is 0 Å². The number of nitrogens with zero attached hydrogens (tertiary/aromatic N) is 3. The minimum atomic E-state index is 0.229. The average molecular weight is 359 g/mol. The molecule has 0 bridgehead atoms. The second-order valence-electron chi connectivity index (χ2n) is 7.53. The standard InChI is InChI=1S/C23H25N3O/c1-16-4-5-22-20(12-16)21-15-25(14-18(3)27)11-8-23(21)26(22)13-17(2)19-6-9-24-10-7-19/h4-7,9-10,12-13H,8,11,14-15H2,1-3H3/b17-13-. The number of Topliss-reactive ketones (excluding diaryl/α,β-unsaturated/α-hetero) is 1. The molecule has 0 unspecified atom stereocenters.